The fraction of sp³-hybridized carbons (Fsp3) is 0.667. The molecule has 0 heterocycles. The lowest BCUT2D eigenvalue weighted by Gasteiger charge is -2.37. The van der Waals surface area contributed by atoms with Gasteiger partial charge in [-0.25, -0.2) is 4.79 Å². The molecule has 2 aliphatic carbocycles. The highest BCUT2D eigenvalue weighted by Crippen LogP contribution is 2.37. The molecule has 0 amide bonds. The predicted octanol–water partition coefficient (Wildman–Crippen LogP) is 4.67. The number of esters is 1. The van der Waals surface area contributed by atoms with Gasteiger partial charge in [0.15, 0.2) is 6.10 Å². The fourth-order valence-corrected chi connectivity index (χ4v) is 4.84. The number of ether oxygens (including phenoxy) is 2. The third-order valence-electron chi connectivity index (χ3n) is 6.77. The van der Waals surface area contributed by atoms with Gasteiger partial charge in [-0.2, -0.15) is 8.78 Å². The van der Waals surface area contributed by atoms with Crippen LogP contribution in [0, 0.1) is 5.92 Å². The standard InChI is InChI=1S/C24H32F2O5/c1-2-23(15-7-4-8-16-23)31-19-13-11-18(12-14-19)21(27)30-20(24(25,26)22(28)29)17-9-5-3-6-10-17/h11-14,17,20H,2-10,15-16H2,1H3,(H,28,29)/p-1. The lowest BCUT2D eigenvalue weighted by atomic mass is 9.82. The first kappa shape index (κ1) is 23.5. The zero-order valence-corrected chi connectivity index (χ0v) is 18.0. The minimum Gasteiger partial charge on any atom is -0.544 e. The van der Waals surface area contributed by atoms with Gasteiger partial charge in [0.2, 0.25) is 0 Å². The van der Waals surface area contributed by atoms with Crippen LogP contribution >= 0.6 is 0 Å². The Kier molecular flexibility index (Phi) is 7.55. The molecule has 5 nitrogen and oxygen atoms in total. The van der Waals surface area contributed by atoms with Crippen LogP contribution in [0.3, 0.4) is 0 Å². The van der Waals surface area contributed by atoms with Crippen molar-refractivity contribution >= 4 is 11.9 Å². The van der Waals surface area contributed by atoms with Gasteiger partial charge in [0.05, 0.1) is 5.56 Å². The molecule has 0 bridgehead atoms. The van der Waals surface area contributed by atoms with Crippen molar-refractivity contribution in [2.24, 2.45) is 5.92 Å². The molecular formula is C24H31F2O5-. The third-order valence-corrected chi connectivity index (χ3v) is 6.77. The number of aliphatic carboxylic acids is 1. The van der Waals surface area contributed by atoms with Crippen molar-refractivity contribution in [2.45, 2.75) is 95.2 Å². The number of hydrogen-bond donors (Lipinski definition) is 0. The zero-order chi connectivity index (χ0) is 22.5. The van der Waals surface area contributed by atoms with Gasteiger partial charge in [-0.15, -0.1) is 0 Å². The van der Waals surface area contributed by atoms with Crippen molar-refractivity contribution in [3.8, 4) is 5.75 Å². The number of carboxylic acid groups (broad SMARTS) is 1. The minimum atomic E-state index is -4.24. The lowest BCUT2D eigenvalue weighted by Crippen LogP contribution is -2.54. The van der Waals surface area contributed by atoms with Crippen LogP contribution in [0.1, 0.15) is 87.9 Å². The van der Waals surface area contributed by atoms with Crippen LogP contribution in [0.15, 0.2) is 24.3 Å². The quantitative estimate of drug-likeness (QED) is 0.553. The Hall–Kier alpha value is -2.18. The van der Waals surface area contributed by atoms with Crippen LogP contribution < -0.4 is 9.84 Å². The van der Waals surface area contributed by atoms with E-state index in [0.29, 0.717) is 31.4 Å². The van der Waals surface area contributed by atoms with Crippen molar-refractivity contribution in [1.82, 2.24) is 0 Å². The third kappa shape index (κ3) is 5.55. The monoisotopic (exact) mass is 437 g/mol. The highest BCUT2D eigenvalue weighted by atomic mass is 19.3. The van der Waals surface area contributed by atoms with Crippen molar-refractivity contribution < 1.29 is 33.0 Å². The van der Waals surface area contributed by atoms with Gasteiger partial charge in [0, 0.05) is 5.92 Å². The van der Waals surface area contributed by atoms with E-state index in [0.717, 1.165) is 38.5 Å². The van der Waals surface area contributed by atoms with E-state index in [1.165, 1.54) is 18.6 Å². The number of hydrogen-bond acceptors (Lipinski definition) is 5. The Bertz CT molecular complexity index is 750. The molecule has 0 aliphatic heterocycles. The molecule has 1 aromatic rings. The highest BCUT2D eigenvalue weighted by Gasteiger charge is 2.48. The Labute approximate surface area is 182 Å². The first-order valence-corrected chi connectivity index (χ1v) is 11.4. The van der Waals surface area contributed by atoms with Crippen molar-refractivity contribution in [3.05, 3.63) is 29.8 Å². The number of carbonyl (C=O) groups excluding carboxylic acids is 2. The summed E-state index contributed by atoms with van der Waals surface area (Å²) in [6.45, 7) is 2.10. The summed E-state index contributed by atoms with van der Waals surface area (Å²) < 4.78 is 39.9. The molecule has 1 unspecified atom stereocenters. The first-order valence-electron chi connectivity index (χ1n) is 11.4. The van der Waals surface area contributed by atoms with E-state index >= 15 is 0 Å². The number of rotatable bonds is 8. The predicted molar refractivity (Wildman–Crippen MR) is 109 cm³/mol. The van der Waals surface area contributed by atoms with Crippen LogP contribution in [-0.2, 0) is 9.53 Å². The van der Waals surface area contributed by atoms with Gasteiger partial charge in [-0.3, -0.25) is 0 Å². The molecule has 0 N–H and O–H groups in total. The Balaban J connectivity index is 1.71. The molecule has 0 saturated heterocycles. The summed E-state index contributed by atoms with van der Waals surface area (Å²) in [6, 6.07) is 6.21. The lowest BCUT2D eigenvalue weighted by molar-refractivity contribution is -0.337. The summed E-state index contributed by atoms with van der Waals surface area (Å²) in [5.74, 6) is -7.81. The van der Waals surface area contributed by atoms with Crippen LogP contribution in [-0.4, -0.2) is 29.6 Å². The maximum atomic E-state index is 14.3. The second kappa shape index (κ2) is 9.96. The number of alkyl halides is 2. The summed E-state index contributed by atoms with van der Waals surface area (Å²) >= 11 is 0. The molecule has 3 rings (SSSR count). The Morgan fingerprint density at radius 2 is 1.65 bits per heavy atom. The van der Waals surface area contributed by atoms with Crippen molar-refractivity contribution in [3.63, 3.8) is 0 Å². The van der Waals surface area contributed by atoms with Gasteiger partial charge in [-0.05, 0) is 69.2 Å². The van der Waals surface area contributed by atoms with E-state index < -0.39 is 29.9 Å². The minimum absolute atomic E-state index is 0.0801. The molecule has 0 aromatic heterocycles. The van der Waals surface area contributed by atoms with E-state index in [9.17, 15) is 23.5 Å². The van der Waals surface area contributed by atoms with Gasteiger partial charge in [-0.1, -0.05) is 32.6 Å². The topological polar surface area (TPSA) is 75.7 Å². The summed E-state index contributed by atoms with van der Waals surface area (Å²) in [5.41, 5.74) is -0.125. The summed E-state index contributed by atoms with van der Waals surface area (Å²) in [4.78, 5) is 23.6. The van der Waals surface area contributed by atoms with Crippen LogP contribution in [0.25, 0.3) is 0 Å². The molecule has 1 aromatic carbocycles. The normalized spacial score (nSPS) is 20.6. The number of benzene rings is 1. The summed E-state index contributed by atoms with van der Waals surface area (Å²) in [7, 11) is 0. The average Bonchev–Trinajstić information content (AvgIpc) is 2.78. The van der Waals surface area contributed by atoms with E-state index in [2.05, 4.69) is 6.92 Å². The van der Waals surface area contributed by atoms with E-state index in [4.69, 9.17) is 9.47 Å². The molecule has 0 radical (unpaired) electrons. The van der Waals surface area contributed by atoms with Crippen molar-refractivity contribution in [2.75, 3.05) is 0 Å². The van der Waals surface area contributed by atoms with Crippen LogP contribution in [0.2, 0.25) is 0 Å². The van der Waals surface area contributed by atoms with Crippen LogP contribution in [0.4, 0.5) is 8.78 Å². The molecule has 2 saturated carbocycles. The maximum Gasteiger partial charge on any atom is 0.338 e. The fourth-order valence-electron chi connectivity index (χ4n) is 4.84. The van der Waals surface area contributed by atoms with Crippen molar-refractivity contribution in [1.29, 1.82) is 0 Å². The van der Waals surface area contributed by atoms with Gasteiger partial charge >= 0.3 is 11.9 Å². The van der Waals surface area contributed by atoms with E-state index in [-0.39, 0.29) is 11.2 Å². The van der Waals surface area contributed by atoms with E-state index in [1.54, 1.807) is 12.1 Å². The van der Waals surface area contributed by atoms with Crippen LogP contribution in [0.5, 0.6) is 5.75 Å². The molecule has 2 aliphatic rings. The Morgan fingerprint density at radius 3 is 2.19 bits per heavy atom. The molecule has 31 heavy (non-hydrogen) atoms. The highest BCUT2D eigenvalue weighted by molar-refractivity contribution is 5.90. The smallest absolute Gasteiger partial charge is 0.338 e. The second-order valence-electron chi connectivity index (χ2n) is 8.86. The molecule has 1 atom stereocenters. The number of halogens is 2. The molecule has 0 spiro atoms. The van der Waals surface area contributed by atoms with Gasteiger partial charge in [0.1, 0.15) is 17.3 Å². The molecule has 2 fully saturated rings. The molecular weight excluding hydrogens is 406 g/mol. The number of carboxylic acids is 1. The zero-order valence-electron chi connectivity index (χ0n) is 18.0. The summed E-state index contributed by atoms with van der Waals surface area (Å²) in [5, 5.41) is 11.0. The Morgan fingerprint density at radius 1 is 1.06 bits per heavy atom. The SMILES string of the molecule is CCC1(Oc2ccc(C(=O)OC(C3CCCCC3)C(F)(F)C(=O)[O-])cc2)CCCCC1. The number of carbonyl (C=O) groups is 2. The first-order chi connectivity index (χ1) is 14.8. The van der Waals surface area contributed by atoms with E-state index in [1.807, 2.05) is 0 Å². The maximum absolute atomic E-state index is 14.3. The molecule has 172 valence electrons. The van der Waals surface area contributed by atoms with Gasteiger partial charge < -0.3 is 19.4 Å². The molecule has 7 heteroatoms. The second-order valence-corrected chi connectivity index (χ2v) is 8.86. The largest absolute Gasteiger partial charge is 0.544 e. The summed E-state index contributed by atoms with van der Waals surface area (Å²) in [6.07, 6.45) is 7.34. The van der Waals surface area contributed by atoms with Gasteiger partial charge in [0.25, 0.3) is 0 Å². The average molecular weight is 438 g/mol.